The average Bonchev–Trinajstić information content (AvgIpc) is 3.81. The minimum absolute atomic E-state index is 0.0325. The molecule has 2 aromatic heterocycles. The molecule has 0 spiro atoms. The SMILES string of the molecule is CCc1c2c(nc3ccc(O)cc13)C1=CC3=C(COC(=O)C3(CC)OC(=O)N3CCN(Cc4ccc(-n5c(-c6cc(C(C)C)c(O)cc6O)n[nH]c5=O)cc4)CC3)C(O)N1C2. The molecule has 5 N–H and O–H groups in total. The molecule has 0 radical (unpaired) electrons. The van der Waals surface area contributed by atoms with Crippen LogP contribution in [-0.4, -0.2) is 112 Å². The maximum absolute atomic E-state index is 13.9. The number of hydrogen-bond acceptors (Lipinski definition) is 13. The van der Waals surface area contributed by atoms with E-state index in [1.165, 1.54) is 10.6 Å². The summed E-state index contributed by atoms with van der Waals surface area (Å²) in [6.45, 7) is 10.2. The van der Waals surface area contributed by atoms with Gasteiger partial charge in [0.1, 0.15) is 23.9 Å². The molecular weight excluding hydrogens is 783 g/mol. The van der Waals surface area contributed by atoms with Crippen LogP contribution >= 0.6 is 0 Å². The van der Waals surface area contributed by atoms with Crippen molar-refractivity contribution in [3.05, 3.63) is 110 Å². The van der Waals surface area contributed by atoms with Crippen LogP contribution in [0.5, 0.6) is 17.2 Å². The van der Waals surface area contributed by atoms with Crippen LogP contribution in [0.3, 0.4) is 0 Å². The number of nitrogens with zero attached hydrogens (tertiary/aromatic N) is 6. The number of aromatic nitrogens is 4. The van der Waals surface area contributed by atoms with Crippen LogP contribution in [0, 0.1) is 0 Å². The Morgan fingerprint density at radius 1 is 1.00 bits per heavy atom. The summed E-state index contributed by atoms with van der Waals surface area (Å²) >= 11 is 0. The van der Waals surface area contributed by atoms with E-state index in [4.69, 9.17) is 14.5 Å². The number of pyridine rings is 1. The Hall–Kier alpha value is -6.65. The quantitative estimate of drug-likeness (QED) is 0.130. The van der Waals surface area contributed by atoms with E-state index in [2.05, 4.69) is 15.1 Å². The number of phenols is 3. The van der Waals surface area contributed by atoms with E-state index in [-0.39, 0.29) is 42.0 Å². The lowest BCUT2D eigenvalue weighted by Crippen LogP contribution is -2.56. The molecule has 0 bridgehead atoms. The molecule has 1 saturated heterocycles. The number of amides is 1. The second-order valence-corrected chi connectivity index (χ2v) is 16.3. The Labute approximate surface area is 350 Å². The van der Waals surface area contributed by atoms with Crippen LogP contribution in [0.15, 0.2) is 76.6 Å². The lowest BCUT2D eigenvalue weighted by atomic mass is 9.82. The number of benzene rings is 3. The summed E-state index contributed by atoms with van der Waals surface area (Å²) in [5.74, 6) is -0.615. The number of aromatic hydroxyl groups is 3. The summed E-state index contributed by atoms with van der Waals surface area (Å²) in [4.78, 5) is 51.2. The lowest BCUT2D eigenvalue weighted by Gasteiger charge is -2.43. The van der Waals surface area contributed by atoms with Gasteiger partial charge in [0.05, 0.1) is 28.2 Å². The normalized spacial score (nSPS) is 20.1. The number of nitrogens with one attached hydrogen (secondary N) is 1. The van der Waals surface area contributed by atoms with Gasteiger partial charge in [-0.25, -0.2) is 29.0 Å². The number of cyclic esters (lactones) is 1. The van der Waals surface area contributed by atoms with Crippen molar-refractivity contribution < 1.29 is 39.5 Å². The molecule has 9 rings (SSSR count). The Bertz CT molecular complexity index is 2730. The fourth-order valence-electron chi connectivity index (χ4n) is 9.13. The Morgan fingerprint density at radius 2 is 1.75 bits per heavy atom. The van der Waals surface area contributed by atoms with E-state index in [0.29, 0.717) is 90.6 Å². The molecule has 4 aliphatic heterocycles. The largest absolute Gasteiger partial charge is 0.508 e. The summed E-state index contributed by atoms with van der Waals surface area (Å²) in [6, 6.07) is 15.4. The summed E-state index contributed by atoms with van der Waals surface area (Å²) < 4.78 is 13.2. The smallest absolute Gasteiger partial charge is 0.411 e. The minimum atomic E-state index is -1.78. The number of fused-ring (bicyclic) bond motifs is 4. The first-order valence-corrected chi connectivity index (χ1v) is 20.6. The molecule has 4 aliphatic rings. The summed E-state index contributed by atoms with van der Waals surface area (Å²) in [5.41, 5.74) is 4.98. The fourth-order valence-corrected chi connectivity index (χ4v) is 9.13. The molecule has 316 valence electrons. The van der Waals surface area contributed by atoms with Gasteiger partial charge in [0.15, 0.2) is 12.1 Å². The van der Waals surface area contributed by atoms with Crippen molar-refractivity contribution in [2.45, 2.75) is 71.4 Å². The number of aliphatic hydroxyl groups excluding tert-OH is 1. The molecular formula is C45H47N7O9. The number of aromatic amines is 1. The number of ether oxygens (including phenoxy) is 2. The molecule has 16 nitrogen and oxygen atoms in total. The van der Waals surface area contributed by atoms with Gasteiger partial charge in [-0.1, -0.05) is 39.8 Å². The predicted octanol–water partition coefficient (Wildman–Crippen LogP) is 5.02. The standard InChI is InChI=1S/C45H47N7O9/c1-5-28-30-17-27(53)11-12-35(30)46-39-32(28)22-51-36(39)19-34-33(41(51)56)23-60-42(57)45(34,6-2)61-44(59)50-15-13-49(14-16-50)21-25-7-9-26(10-8-25)52-40(47-48-43(52)58)31-18-29(24(3)4)37(54)20-38(31)55/h7-12,17-20,24,41,53-56H,5-6,13-16,21-23H2,1-4H3,(H,48,58). The highest BCUT2D eigenvalue weighted by molar-refractivity contribution is 5.93. The molecule has 0 aliphatic carbocycles. The van der Waals surface area contributed by atoms with Gasteiger partial charge in [0.2, 0.25) is 5.60 Å². The van der Waals surface area contributed by atoms with Crippen molar-refractivity contribution in [2.24, 2.45) is 0 Å². The minimum Gasteiger partial charge on any atom is -0.508 e. The number of rotatable bonds is 8. The van der Waals surface area contributed by atoms with Crippen LogP contribution in [0.2, 0.25) is 0 Å². The Kier molecular flexibility index (Phi) is 9.86. The van der Waals surface area contributed by atoms with Gasteiger partial charge in [-0.15, -0.1) is 0 Å². The van der Waals surface area contributed by atoms with Gasteiger partial charge in [0.25, 0.3) is 0 Å². The molecule has 61 heavy (non-hydrogen) atoms. The van der Waals surface area contributed by atoms with Gasteiger partial charge in [-0.05, 0) is 77.9 Å². The van der Waals surface area contributed by atoms with Crippen LogP contribution < -0.4 is 5.69 Å². The molecule has 6 heterocycles. The van der Waals surface area contributed by atoms with Gasteiger partial charge >= 0.3 is 17.8 Å². The summed E-state index contributed by atoms with van der Waals surface area (Å²) in [6.07, 6.45) is 0.780. The molecule has 1 amide bonds. The van der Waals surface area contributed by atoms with Gasteiger partial charge < -0.3 is 39.7 Å². The highest BCUT2D eigenvalue weighted by Crippen LogP contribution is 2.47. The maximum atomic E-state index is 13.9. The third kappa shape index (κ3) is 6.57. The maximum Gasteiger partial charge on any atom is 0.411 e. The monoisotopic (exact) mass is 829 g/mol. The highest BCUT2D eigenvalue weighted by atomic mass is 16.6. The van der Waals surface area contributed by atoms with Crippen LogP contribution in [0.4, 0.5) is 4.79 Å². The second-order valence-electron chi connectivity index (χ2n) is 16.3. The number of carbonyl (C=O) groups is 2. The van der Waals surface area contributed by atoms with E-state index >= 15 is 0 Å². The van der Waals surface area contributed by atoms with E-state index in [1.54, 1.807) is 48.2 Å². The van der Waals surface area contributed by atoms with Crippen molar-refractivity contribution in [1.82, 2.24) is 34.4 Å². The highest BCUT2D eigenvalue weighted by Gasteiger charge is 2.54. The molecule has 3 aromatic carbocycles. The van der Waals surface area contributed by atoms with Crippen molar-refractivity contribution in [2.75, 3.05) is 32.8 Å². The molecule has 2 unspecified atom stereocenters. The van der Waals surface area contributed by atoms with Crippen LogP contribution in [0.25, 0.3) is 33.7 Å². The summed E-state index contributed by atoms with van der Waals surface area (Å²) in [5, 5.41) is 50.5. The first kappa shape index (κ1) is 39.8. The number of H-pyrrole nitrogens is 1. The predicted molar refractivity (Wildman–Crippen MR) is 224 cm³/mol. The number of aryl methyl sites for hydroxylation is 1. The van der Waals surface area contributed by atoms with Crippen LogP contribution in [0.1, 0.15) is 68.0 Å². The van der Waals surface area contributed by atoms with Gasteiger partial charge in [-0.3, -0.25) is 4.90 Å². The molecule has 5 aromatic rings. The topological polar surface area (TPSA) is 207 Å². The van der Waals surface area contributed by atoms with E-state index in [1.807, 2.05) is 43.9 Å². The van der Waals surface area contributed by atoms with Crippen LogP contribution in [-0.2, 0) is 33.8 Å². The van der Waals surface area contributed by atoms with Crippen molar-refractivity contribution >= 4 is 28.7 Å². The second kappa shape index (κ2) is 15.1. The van der Waals surface area contributed by atoms with E-state index in [9.17, 15) is 34.8 Å². The summed E-state index contributed by atoms with van der Waals surface area (Å²) in [7, 11) is 0. The third-order valence-corrected chi connectivity index (χ3v) is 12.5. The zero-order valence-corrected chi connectivity index (χ0v) is 34.3. The number of aliphatic hydroxyl groups is 1. The lowest BCUT2D eigenvalue weighted by molar-refractivity contribution is -0.165. The van der Waals surface area contributed by atoms with E-state index in [0.717, 1.165) is 22.1 Å². The zero-order chi connectivity index (χ0) is 42.9. The number of hydrogen-bond donors (Lipinski definition) is 5. The zero-order valence-electron chi connectivity index (χ0n) is 34.3. The van der Waals surface area contributed by atoms with Gasteiger partial charge in [0, 0.05) is 67.4 Å². The van der Waals surface area contributed by atoms with Crippen molar-refractivity contribution in [1.29, 1.82) is 0 Å². The van der Waals surface area contributed by atoms with Crippen molar-refractivity contribution in [3.63, 3.8) is 0 Å². The number of esters is 1. The van der Waals surface area contributed by atoms with E-state index < -0.39 is 29.6 Å². The number of carbonyl (C=O) groups excluding carboxylic acids is 2. The first-order chi connectivity index (χ1) is 29.3. The molecule has 16 heteroatoms. The Morgan fingerprint density at radius 3 is 2.46 bits per heavy atom. The molecule has 1 fully saturated rings. The third-order valence-electron chi connectivity index (χ3n) is 12.5. The molecule has 0 saturated carbocycles. The van der Waals surface area contributed by atoms with Gasteiger partial charge in [-0.2, -0.15) is 5.10 Å². The fraction of sp³-hybridized carbons (Fsp3) is 0.356. The Balaban J connectivity index is 0.900. The number of phenolic OH excluding ortho intramolecular Hbond substituents is 3. The number of piperazine rings is 1. The molecule has 2 atom stereocenters. The average molecular weight is 830 g/mol. The first-order valence-electron chi connectivity index (χ1n) is 20.6. The van der Waals surface area contributed by atoms with Crippen molar-refractivity contribution in [3.8, 4) is 34.3 Å².